The number of rotatable bonds is 3. The van der Waals surface area contributed by atoms with E-state index in [1.165, 1.54) is 10.5 Å². The number of anilines is 1. The van der Waals surface area contributed by atoms with E-state index in [-0.39, 0.29) is 18.1 Å². The van der Waals surface area contributed by atoms with Gasteiger partial charge in [-0.3, -0.25) is 9.69 Å². The summed E-state index contributed by atoms with van der Waals surface area (Å²) in [5, 5.41) is 0. The molecular weight excluding hydrogens is 368 g/mol. The van der Waals surface area contributed by atoms with Crippen molar-refractivity contribution in [2.24, 2.45) is 0 Å². The molecular formula is C23H28N2O2S. The number of hydrogen-bond donors (Lipinski definition) is 0. The molecule has 2 aliphatic rings. The lowest BCUT2D eigenvalue weighted by atomic mass is 10.1. The SMILES string of the molecule is CC1CN(Cc2ccc(C(=O)N3CCCSc4ccccc43)cc2)CC(C)O1. The molecule has 4 nitrogen and oxygen atoms in total. The van der Waals surface area contributed by atoms with Crippen LogP contribution in [0.1, 0.15) is 36.2 Å². The third-order valence-corrected chi connectivity index (χ3v) is 6.44. The molecule has 1 amide bonds. The van der Waals surface area contributed by atoms with Crippen molar-refractivity contribution in [3.05, 3.63) is 59.7 Å². The Hall–Kier alpha value is -1.82. The first-order chi connectivity index (χ1) is 13.6. The fourth-order valence-corrected chi connectivity index (χ4v) is 5.11. The number of nitrogens with zero attached hydrogens (tertiary/aromatic N) is 2. The van der Waals surface area contributed by atoms with E-state index >= 15 is 0 Å². The first kappa shape index (κ1) is 19.5. The van der Waals surface area contributed by atoms with Crippen molar-refractivity contribution >= 4 is 23.4 Å². The molecule has 5 heteroatoms. The molecule has 0 radical (unpaired) electrons. The van der Waals surface area contributed by atoms with E-state index in [0.29, 0.717) is 0 Å². The van der Waals surface area contributed by atoms with Gasteiger partial charge in [-0.2, -0.15) is 0 Å². The molecule has 0 bridgehead atoms. The third kappa shape index (κ3) is 4.43. The number of hydrogen-bond acceptors (Lipinski definition) is 4. The average molecular weight is 397 g/mol. The molecule has 1 fully saturated rings. The Kier molecular flexibility index (Phi) is 6.04. The van der Waals surface area contributed by atoms with Gasteiger partial charge < -0.3 is 9.64 Å². The predicted octanol–water partition coefficient (Wildman–Crippen LogP) is 4.44. The van der Waals surface area contributed by atoms with Gasteiger partial charge in [0.25, 0.3) is 5.91 Å². The van der Waals surface area contributed by atoms with Gasteiger partial charge in [-0.05, 0) is 55.9 Å². The van der Waals surface area contributed by atoms with Crippen molar-refractivity contribution in [1.82, 2.24) is 4.90 Å². The fraction of sp³-hybridized carbons (Fsp3) is 0.435. The zero-order valence-corrected chi connectivity index (χ0v) is 17.5. The second-order valence-electron chi connectivity index (χ2n) is 7.77. The van der Waals surface area contributed by atoms with Crippen LogP contribution in [0.3, 0.4) is 0 Å². The monoisotopic (exact) mass is 396 g/mol. The normalized spacial score (nSPS) is 23.1. The maximum atomic E-state index is 13.2. The molecule has 2 aromatic rings. The summed E-state index contributed by atoms with van der Waals surface area (Å²) in [7, 11) is 0. The molecule has 2 aliphatic heterocycles. The van der Waals surface area contributed by atoms with Crippen LogP contribution in [0.25, 0.3) is 0 Å². The summed E-state index contributed by atoms with van der Waals surface area (Å²) in [6.07, 6.45) is 1.55. The number of fused-ring (bicyclic) bond motifs is 1. The number of para-hydroxylation sites is 1. The molecule has 2 aromatic carbocycles. The van der Waals surface area contributed by atoms with Crippen molar-refractivity contribution in [1.29, 1.82) is 0 Å². The van der Waals surface area contributed by atoms with Crippen LogP contribution in [0.2, 0.25) is 0 Å². The fourth-order valence-electron chi connectivity index (χ4n) is 4.12. The molecule has 148 valence electrons. The molecule has 0 N–H and O–H groups in total. The van der Waals surface area contributed by atoms with Crippen LogP contribution >= 0.6 is 11.8 Å². The molecule has 2 heterocycles. The quantitative estimate of drug-likeness (QED) is 0.768. The zero-order chi connectivity index (χ0) is 19.5. The van der Waals surface area contributed by atoms with Gasteiger partial charge in [0.05, 0.1) is 17.9 Å². The van der Waals surface area contributed by atoms with Crippen LogP contribution in [-0.4, -0.2) is 48.4 Å². The largest absolute Gasteiger partial charge is 0.373 e. The smallest absolute Gasteiger partial charge is 0.258 e. The van der Waals surface area contributed by atoms with Crippen molar-refractivity contribution in [3.8, 4) is 0 Å². The van der Waals surface area contributed by atoms with Crippen molar-refractivity contribution in [2.45, 2.75) is 43.9 Å². The molecule has 0 aliphatic carbocycles. The number of thioether (sulfide) groups is 1. The van der Waals surface area contributed by atoms with Crippen molar-refractivity contribution in [3.63, 3.8) is 0 Å². The van der Waals surface area contributed by atoms with Gasteiger partial charge in [0.1, 0.15) is 0 Å². The van der Waals surface area contributed by atoms with Crippen LogP contribution in [0.4, 0.5) is 5.69 Å². The molecule has 0 spiro atoms. The minimum atomic E-state index is 0.0927. The van der Waals surface area contributed by atoms with E-state index in [9.17, 15) is 4.79 Å². The Labute approximate surface area is 171 Å². The number of ether oxygens (including phenoxy) is 1. The average Bonchev–Trinajstić information content (AvgIpc) is 2.90. The summed E-state index contributed by atoms with van der Waals surface area (Å²) in [6, 6.07) is 16.4. The topological polar surface area (TPSA) is 32.8 Å². The van der Waals surface area contributed by atoms with E-state index in [0.717, 1.165) is 49.6 Å². The van der Waals surface area contributed by atoms with Crippen molar-refractivity contribution < 1.29 is 9.53 Å². The lowest BCUT2D eigenvalue weighted by Crippen LogP contribution is -2.44. The standard InChI is InChI=1S/C23H28N2O2S/c1-17-14-24(15-18(2)27-17)16-19-8-10-20(11-9-19)23(26)25-12-5-13-28-22-7-4-3-6-21(22)25/h3-4,6-11,17-18H,5,12-16H2,1-2H3. The van der Waals surface area contributed by atoms with Gasteiger partial charge in [0, 0.05) is 36.6 Å². The number of morpholine rings is 1. The lowest BCUT2D eigenvalue weighted by Gasteiger charge is -2.35. The molecule has 2 atom stereocenters. The summed E-state index contributed by atoms with van der Waals surface area (Å²) in [6.45, 7) is 7.83. The van der Waals surface area contributed by atoms with Gasteiger partial charge >= 0.3 is 0 Å². The number of carbonyl (C=O) groups excluding carboxylic acids is 1. The summed E-state index contributed by atoms with van der Waals surface area (Å²) < 4.78 is 5.82. The van der Waals surface area contributed by atoms with Gasteiger partial charge in [-0.15, -0.1) is 11.8 Å². The first-order valence-electron chi connectivity index (χ1n) is 10.1. The highest BCUT2D eigenvalue weighted by atomic mass is 32.2. The minimum Gasteiger partial charge on any atom is -0.373 e. The minimum absolute atomic E-state index is 0.0927. The maximum Gasteiger partial charge on any atom is 0.258 e. The van der Waals surface area contributed by atoms with Gasteiger partial charge in [-0.1, -0.05) is 24.3 Å². The predicted molar refractivity (Wildman–Crippen MR) is 115 cm³/mol. The van der Waals surface area contributed by atoms with Gasteiger partial charge in [0.2, 0.25) is 0 Å². The number of carbonyl (C=O) groups is 1. The van der Waals surface area contributed by atoms with E-state index < -0.39 is 0 Å². The second kappa shape index (κ2) is 8.68. The van der Waals surface area contributed by atoms with Crippen LogP contribution in [0.15, 0.2) is 53.4 Å². The summed E-state index contributed by atoms with van der Waals surface area (Å²) in [4.78, 5) is 18.8. The Morgan fingerprint density at radius 3 is 2.54 bits per heavy atom. The van der Waals surface area contributed by atoms with Gasteiger partial charge in [-0.25, -0.2) is 0 Å². The second-order valence-corrected chi connectivity index (χ2v) is 8.91. The Morgan fingerprint density at radius 2 is 1.79 bits per heavy atom. The van der Waals surface area contributed by atoms with Crippen LogP contribution in [-0.2, 0) is 11.3 Å². The van der Waals surface area contributed by atoms with E-state index in [1.807, 2.05) is 40.9 Å². The summed E-state index contributed by atoms with van der Waals surface area (Å²) in [5.74, 6) is 1.14. The summed E-state index contributed by atoms with van der Waals surface area (Å²) >= 11 is 1.84. The van der Waals surface area contributed by atoms with E-state index in [1.54, 1.807) is 0 Å². The number of benzene rings is 2. The van der Waals surface area contributed by atoms with E-state index in [4.69, 9.17) is 4.74 Å². The Bertz CT molecular complexity index is 814. The third-order valence-electron chi connectivity index (χ3n) is 5.29. The molecule has 1 saturated heterocycles. The van der Waals surface area contributed by atoms with E-state index in [2.05, 4.69) is 43.0 Å². The molecule has 2 unspecified atom stereocenters. The Morgan fingerprint density at radius 1 is 1.07 bits per heavy atom. The zero-order valence-electron chi connectivity index (χ0n) is 16.6. The molecule has 0 aromatic heterocycles. The van der Waals surface area contributed by atoms with Crippen LogP contribution in [0, 0.1) is 0 Å². The van der Waals surface area contributed by atoms with Crippen LogP contribution < -0.4 is 4.90 Å². The summed E-state index contributed by atoms with van der Waals surface area (Å²) in [5.41, 5.74) is 3.04. The molecule has 0 saturated carbocycles. The molecule has 4 rings (SSSR count). The first-order valence-corrected chi connectivity index (χ1v) is 11.1. The van der Waals surface area contributed by atoms with Crippen molar-refractivity contribution in [2.75, 3.05) is 30.3 Å². The van der Waals surface area contributed by atoms with Crippen LogP contribution in [0.5, 0.6) is 0 Å². The highest BCUT2D eigenvalue weighted by Gasteiger charge is 2.24. The van der Waals surface area contributed by atoms with Gasteiger partial charge in [0.15, 0.2) is 0 Å². The maximum absolute atomic E-state index is 13.2. The highest BCUT2D eigenvalue weighted by molar-refractivity contribution is 7.99. The number of amides is 1. The lowest BCUT2D eigenvalue weighted by molar-refractivity contribution is -0.0704. The highest BCUT2D eigenvalue weighted by Crippen LogP contribution is 2.34. The molecule has 28 heavy (non-hydrogen) atoms. The Balaban J connectivity index is 1.47.